The number of rotatable bonds is 2. The molecule has 0 bridgehead atoms. The molecule has 0 atom stereocenters. The zero-order chi connectivity index (χ0) is 14.0. The van der Waals surface area contributed by atoms with E-state index in [0.717, 1.165) is 19.5 Å². The lowest BCUT2D eigenvalue weighted by molar-refractivity contribution is 0.312. The van der Waals surface area contributed by atoms with Crippen molar-refractivity contribution in [2.24, 2.45) is 0 Å². The fourth-order valence-electron chi connectivity index (χ4n) is 2.69. The lowest BCUT2D eigenvalue weighted by Gasteiger charge is -2.35. The van der Waals surface area contributed by atoms with Crippen molar-refractivity contribution in [2.75, 3.05) is 38.1 Å². The van der Waals surface area contributed by atoms with Gasteiger partial charge < -0.3 is 9.80 Å². The Morgan fingerprint density at radius 3 is 2.21 bits per heavy atom. The summed E-state index contributed by atoms with van der Waals surface area (Å²) in [6.07, 6.45) is 1.12. The third-order valence-corrected chi connectivity index (χ3v) is 4.17. The van der Waals surface area contributed by atoms with E-state index in [9.17, 15) is 0 Å². The first-order chi connectivity index (χ1) is 8.91. The van der Waals surface area contributed by atoms with Gasteiger partial charge in [-0.05, 0) is 36.1 Å². The van der Waals surface area contributed by atoms with Crippen molar-refractivity contribution >= 4 is 5.69 Å². The molecule has 0 spiro atoms. The molecule has 1 saturated heterocycles. The summed E-state index contributed by atoms with van der Waals surface area (Å²) in [7, 11) is 2.21. The van der Waals surface area contributed by atoms with Crippen molar-refractivity contribution in [2.45, 2.75) is 39.5 Å². The van der Waals surface area contributed by atoms with Gasteiger partial charge in [-0.2, -0.15) is 0 Å². The molecule has 0 saturated carbocycles. The number of hydrogen-bond acceptors (Lipinski definition) is 2. The van der Waals surface area contributed by atoms with Crippen LogP contribution in [-0.4, -0.2) is 38.1 Å². The Morgan fingerprint density at radius 2 is 1.68 bits per heavy atom. The third-order valence-electron chi connectivity index (χ3n) is 4.17. The topological polar surface area (TPSA) is 6.48 Å². The van der Waals surface area contributed by atoms with Gasteiger partial charge in [0.05, 0.1) is 0 Å². The van der Waals surface area contributed by atoms with Crippen LogP contribution >= 0.6 is 0 Å². The number of nitrogens with zero attached hydrogens (tertiary/aromatic N) is 2. The summed E-state index contributed by atoms with van der Waals surface area (Å²) in [4.78, 5) is 4.96. The second kappa shape index (κ2) is 5.54. The molecule has 1 aromatic rings. The van der Waals surface area contributed by atoms with E-state index in [2.05, 4.69) is 62.7 Å². The predicted octanol–water partition coefficient (Wildman–Crippen LogP) is 3.30. The molecule has 0 N–H and O–H groups in total. The van der Waals surface area contributed by atoms with Crippen molar-refractivity contribution in [1.82, 2.24) is 4.90 Å². The van der Waals surface area contributed by atoms with Gasteiger partial charge in [0.1, 0.15) is 0 Å². The van der Waals surface area contributed by atoms with Gasteiger partial charge in [-0.3, -0.25) is 0 Å². The molecule has 1 aromatic carbocycles. The van der Waals surface area contributed by atoms with E-state index in [0.29, 0.717) is 0 Å². The fraction of sp³-hybridized carbons (Fsp3) is 0.647. The minimum absolute atomic E-state index is 0.241. The molecule has 1 aliphatic rings. The Morgan fingerprint density at radius 1 is 1.05 bits per heavy atom. The maximum Gasteiger partial charge on any atom is 0.0399 e. The average Bonchev–Trinajstić information content (AvgIpc) is 2.38. The van der Waals surface area contributed by atoms with Crippen LogP contribution < -0.4 is 4.90 Å². The van der Waals surface area contributed by atoms with Crippen LogP contribution in [0.5, 0.6) is 0 Å². The van der Waals surface area contributed by atoms with Crippen LogP contribution in [0.4, 0.5) is 5.69 Å². The largest absolute Gasteiger partial charge is 0.369 e. The molecule has 0 radical (unpaired) electrons. The first kappa shape index (κ1) is 14.4. The van der Waals surface area contributed by atoms with Gasteiger partial charge in [-0.15, -0.1) is 0 Å². The summed E-state index contributed by atoms with van der Waals surface area (Å²) in [6, 6.07) is 7.06. The number of hydrogen-bond donors (Lipinski definition) is 0. The van der Waals surface area contributed by atoms with Crippen molar-refractivity contribution in [3.05, 3.63) is 29.3 Å². The Kier molecular flexibility index (Phi) is 4.19. The first-order valence-electron chi connectivity index (χ1n) is 7.48. The monoisotopic (exact) mass is 260 g/mol. The van der Waals surface area contributed by atoms with Crippen molar-refractivity contribution < 1.29 is 0 Å². The Hall–Kier alpha value is -1.02. The van der Waals surface area contributed by atoms with Gasteiger partial charge >= 0.3 is 0 Å². The van der Waals surface area contributed by atoms with Crippen LogP contribution in [0.15, 0.2) is 18.2 Å². The highest BCUT2D eigenvalue weighted by atomic mass is 15.2. The second-order valence-electron chi connectivity index (χ2n) is 6.74. The Balaban J connectivity index is 2.26. The zero-order valence-corrected chi connectivity index (χ0v) is 13.2. The third kappa shape index (κ3) is 3.30. The average molecular weight is 260 g/mol. The number of likely N-dealkylation sites (N-methyl/N-ethyl adjacent to an activating group) is 1. The quantitative estimate of drug-likeness (QED) is 0.805. The molecule has 1 fully saturated rings. The highest BCUT2D eigenvalue weighted by Crippen LogP contribution is 2.29. The molecular weight excluding hydrogens is 232 g/mol. The molecular formula is C17H28N2. The number of anilines is 1. The lowest BCUT2D eigenvalue weighted by Crippen LogP contribution is -2.44. The van der Waals surface area contributed by atoms with Crippen LogP contribution in [-0.2, 0) is 11.8 Å². The summed E-state index contributed by atoms with van der Waals surface area (Å²) >= 11 is 0. The summed E-state index contributed by atoms with van der Waals surface area (Å²) < 4.78 is 0. The van der Waals surface area contributed by atoms with Gasteiger partial charge in [-0.1, -0.05) is 39.8 Å². The molecule has 1 aliphatic heterocycles. The maximum atomic E-state index is 2.55. The molecule has 2 nitrogen and oxygen atoms in total. The summed E-state index contributed by atoms with van der Waals surface area (Å²) in [5.74, 6) is 0. The van der Waals surface area contributed by atoms with E-state index >= 15 is 0 Å². The summed E-state index contributed by atoms with van der Waals surface area (Å²) in [5.41, 5.74) is 4.63. The van der Waals surface area contributed by atoms with Crippen LogP contribution in [0.1, 0.15) is 38.8 Å². The second-order valence-corrected chi connectivity index (χ2v) is 6.74. The van der Waals surface area contributed by atoms with Crippen molar-refractivity contribution in [3.8, 4) is 0 Å². The summed E-state index contributed by atoms with van der Waals surface area (Å²) in [6.45, 7) is 13.8. The van der Waals surface area contributed by atoms with Gasteiger partial charge in [0.25, 0.3) is 0 Å². The van der Waals surface area contributed by atoms with Crippen LogP contribution in [0.25, 0.3) is 0 Å². The van der Waals surface area contributed by atoms with E-state index in [4.69, 9.17) is 0 Å². The van der Waals surface area contributed by atoms with Gasteiger partial charge in [0, 0.05) is 31.9 Å². The molecule has 1 heterocycles. The first-order valence-corrected chi connectivity index (χ1v) is 7.48. The molecule has 0 unspecified atom stereocenters. The SMILES string of the molecule is CCc1cc(C(C)(C)C)ccc1N1CCN(C)CC1. The maximum absolute atomic E-state index is 2.55. The molecule has 0 amide bonds. The molecule has 2 rings (SSSR count). The van der Waals surface area contributed by atoms with E-state index in [1.807, 2.05) is 0 Å². The van der Waals surface area contributed by atoms with Crippen LogP contribution in [0.2, 0.25) is 0 Å². The standard InChI is InChI=1S/C17H28N2/c1-6-14-13-15(17(2,3)4)7-8-16(14)19-11-9-18(5)10-12-19/h7-8,13H,6,9-12H2,1-5H3. The fourth-order valence-corrected chi connectivity index (χ4v) is 2.69. The van der Waals surface area contributed by atoms with E-state index in [1.54, 1.807) is 0 Å². The zero-order valence-electron chi connectivity index (χ0n) is 13.2. The van der Waals surface area contributed by atoms with E-state index in [1.165, 1.54) is 29.9 Å². The normalized spacial score (nSPS) is 17.8. The molecule has 19 heavy (non-hydrogen) atoms. The predicted molar refractivity (Wildman–Crippen MR) is 84.2 cm³/mol. The van der Waals surface area contributed by atoms with Crippen LogP contribution in [0.3, 0.4) is 0 Å². The molecule has 2 heteroatoms. The minimum atomic E-state index is 0.241. The Bertz CT molecular complexity index is 423. The van der Waals surface area contributed by atoms with Gasteiger partial charge in [-0.25, -0.2) is 0 Å². The Labute approximate surface area is 118 Å². The van der Waals surface area contributed by atoms with Crippen molar-refractivity contribution in [1.29, 1.82) is 0 Å². The smallest absolute Gasteiger partial charge is 0.0399 e. The molecule has 0 aliphatic carbocycles. The highest BCUT2D eigenvalue weighted by molar-refractivity contribution is 5.56. The lowest BCUT2D eigenvalue weighted by atomic mass is 9.85. The van der Waals surface area contributed by atoms with E-state index in [-0.39, 0.29) is 5.41 Å². The summed E-state index contributed by atoms with van der Waals surface area (Å²) in [5, 5.41) is 0. The molecule has 106 valence electrons. The van der Waals surface area contributed by atoms with Gasteiger partial charge in [0.2, 0.25) is 0 Å². The van der Waals surface area contributed by atoms with E-state index < -0.39 is 0 Å². The number of aryl methyl sites for hydroxylation is 1. The molecule has 0 aromatic heterocycles. The number of benzene rings is 1. The van der Waals surface area contributed by atoms with Crippen LogP contribution in [0, 0.1) is 0 Å². The van der Waals surface area contributed by atoms with Crippen molar-refractivity contribution in [3.63, 3.8) is 0 Å². The highest BCUT2D eigenvalue weighted by Gasteiger charge is 2.19. The van der Waals surface area contributed by atoms with Gasteiger partial charge in [0.15, 0.2) is 0 Å². The minimum Gasteiger partial charge on any atom is -0.369 e. The number of piperazine rings is 1.